The van der Waals surface area contributed by atoms with Crippen LogP contribution in [-0.2, 0) is 30.8 Å². The van der Waals surface area contributed by atoms with Gasteiger partial charge in [0.2, 0.25) is 15.9 Å². The second-order valence-corrected chi connectivity index (χ2v) is 8.07. The van der Waals surface area contributed by atoms with Crippen LogP contribution < -0.4 is 0 Å². The summed E-state index contributed by atoms with van der Waals surface area (Å²) in [6, 6.07) is 5.75. The average molecular weight is 388 g/mol. The van der Waals surface area contributed by atoms with Crippen LogP contribution in [0.5, 0.6) is 0 Å². The van der Waals surface area contributed by atoms with Crippen molar-refractivity contribution in [2.75, 3.05) is 39.0 Å². The Balaban J connectivity index is 1.99. The van der Waals surface area contributed by atoms with Crippen molar-refractivity contribution < 1.29 is 32.2 Å². The molecule has 0 saturated carbocycles. The Hall–Kier alpha value is -2.04. The number of nitrogens with zero attached hydrogens (tertiary/aromatic N) is 2. The lowest BCUT2D eigenvalue weighted by Gasteiger charge is -2.35. The molecule has 2 rings (SSSR count). The summed E-state index contributed by atoms with van der Waals surface area (Å²) in [7, 11) is -3.72. The van der Waals surface area contributed by atoms with Gasteiger partial charge in [0.1, 0.15) is 12.4 Å². The Labute approximate surface area is 151 Å². The van der Waals surface area contributed by atoms with Crippen molar-refractivity contribution in [2.24, 2.45) is 0 Å². The Morgan fingerprint density at radius 3 is 2.77 bits per heavy atom. The zero-order valence-electron chi connectivity index (χ0n) is 14.3. The van der Waals surface area contributed by atoms with E-state index in [1.807, 2.05) is 0 Å². The number of halogens is 1. The molecular formula is C16H21FN2O6S. The third-order valence-corrected chi connectivity index (χ3v) is 5.14. The van der Waals surface area contributed by atoms with Gasteiger partial charge in [0.05, 0.1) is 25.4 Å². The van der Waals surface area contributed by atoms with Gasteiger partial charge in [-0.2, -0.15) is 4.31 Å². The molecule has 1 aliphatic heterocycles. The quantitative estimate of drug-likeness (QED) is 0.702. The molecule has 1 fully saturated rings. The van der Waals surface area contributed by atoms with Gasteiger partial charge in [0, 0.05) is 19.6 Å². The summed E-state index contributed by atoms with van der Waals surface area (Å²) in [5.74, 6) is -1.93. The predicted molar refractivity (Wildman–Crippen MR) is 90.5 cm³/mol. The Kier molecular flexibility index (Phi) is 6.68. The molecule has 0 bridgehead atoms. The molecule has 1 heterocycles. The number of morpholine rings is 1. The molecule has 1 unspecified atom stereocenters. The molecule has 1 amide bonds. The van der Waals surface area contributed by atoms with Gasteiger partial charge in [-0.1, -0.05) is 12.1 Å². The van der Waals surface area contributed by atoms with Crippen LogP contribution in [0.2, 0.25) is 0 Å². The van der Waals surface area contributed by atoms with Crippen molar-refractivity contribution in [1.82, 2.24) is 9.21 Å². The van der Waals surface area contributed by atoms with Crippen LogP contribution in [0.4, 0.5) is 4.39 Å². The number of aliphatic carboxylic acids is 1. The maximum absolute atomic E-state index is 13.2. The molecule has 0 spiro atoms. The van der Waals surface area contributed by atoms with E-state index in [0.29, 0.717) is 12.1 Å². The number of amides is 1. The molecular weight excluding hydrogens is 367 g/mol. The van der Waals surface area contributed by atoms with Crippen molar-refractivity contribution in [2.45, 2.75) is 12.5 Å². The average Bonchev–Trinajstić information content (AvgIpc) is 2.53. The second-order valence-electron chi connectivity index (χ2n) is 6.09. The summed E-state index contributed by atoms with van der Waals surface area (Å²) < 4.78 is 43.0. The number of sulfonamides is 1. The molecule has 0 aromatic heterocycles. The summed E-state index contributed by atoms with van der Waals surface area (Å²) in [5, 5.41) is 8.86. The summed E-state index contributed by atoms with van der Waals surface area (Å²) >= 11 is 0. The number of carbonyl (C=O) groups is 2. The summed E-state index contributed by atoms with van der Waals surface area (Å²) in [5.41, 5.74) is 0.543. The van der Waals surface area contributed by atoms with Crippen LogP contribution >= 0.6 is 0 Å². The van der Waals surface area contributed by atoms with E-state index in [2.05, 4.69) is 0 Å². The number of carboxylic acids is 1. The van der Waals surface area contributed by atoms with Crippen molar-refractivity contribution in [3.8, 4) is 0 Å². The third-order valence-electron chi connectivity index (χ3n) is 3.92. The first-order chi connectivity index (χ1) is 12.1. The van der Waals surface area contributed by atoms with Crippen LogP contribution in [-0.4, -0.2) is 79.8 Å². The number of benzene rings is 1. The Bertz CT molecular complexity index is 770. The first-order valence-corrected chi connectivity index (χ1v) is 9.80. The monoisotopic (exact) mass is 388 g/mol. The van der Waals surface area contributed by atoms with Crippen molar-refractivity contribution in [3.05, 3.63) is 35.6 Å². The predicted octanol–water partition coefficient (Wildman–Crippen LogP) is -0.0582. The normalized spacial score (nSPS) is 18.1. The molecule has 1 saturated heterocycles. The molecule has 1 aliphatic rings. The van der Waals surface area contributed by atoms with Gasteiger partial charge in [-0.05, 0) is 17.7 Å². The largest absolute Gasteiger partial charge is 0.480 e. The van der Waals surface area contributed by atoms with E-state index < -0.39 is 34.5 Å². The summed E-state index contributed by atoms with van der Waals surface area (Å²) in [6.07, 6.45) is 0.315. The van der Waals surface area contributed by atoms with Gasteiger partial charge >= 0.3 is 5.97 Å². The lowest BCUT2D eigenvalue weighted by molar-refractivity contribution is -0.140. The van der Waals surface area contributed by atoms with E-state index in [9.17, 15) is 22.4 Å². The summed E-state index contributed by atoms with van der Waals surface area (Å²) in [6.45, 7) is -0.142. The number of hydrogen-bond donors (Lipinski definition) is 1. The molecule has 1 aromatic rings. The molecule has 1 aromatic carbocycles. The van der Waals surface area contributed by atoms with Gasteiger partial charge in [-0.25, -0.2) is 12.8 Å². The van der Waals surface area contributed by atoms with Gasteiger partial charge < -0.3 is 14.7 Å². The first-order valence-electron chi connectivity index (χ1n) is 7.96. The minimum atomic E-state index is -3.72. The molecule has 0 aliphatic carbocycles. The van der Waals surface area contributed by atoms with Gasteiger partial charge in [-0.15, -0.1) is 0 Å². The van der Waals surface area contributed by atoms with Crippen LogP contribution in [0, 0.1) is 5.82 Å². The van der Waals surface area contributed by atoms with Gasteiger partial charge in [0.25, 0.3) is 0 Å². The lowest BCUT2D eigenvalue weighted by atomic mass is 10.1. The van der Waals surface area contributed by atoms with Crippen molar-refractivity contribution >= 4 is 21.9 Å². The smallest absolute Gasteiger partial charge is 0.318 e. The highest BCUT2D eigenvalue weighted by molar-refractivity contribution is 7.88. The first kappa shape index (κ1) is 20.3. The number of rotatable bonds is 7. The highest BCUT2D eigenvalue weighted by Crippen LogP contribution is 2.12. The van der Waals surface area contributed by atoms with Crippen LogP contribution in [0.15, 0.2) is 24.3 Å². The van der Waals surface area contributed by atoms with E-state index in [0.717, 1.165) is 10.6 Å². The highest BCUT2D eigenvalue weighted by Gasteiger charge is 2.29. The molecule has 1 atom stereocenters. The topological polar surface area (TPSA) is 104 Å². The Morgan fingerprint density at radius 1 is 1.42 bits per heavy atom. The number of carboxylic acid groups (broad SMARTS) is 1. The standard InChI is InChI=1S/C16H21FN2O6S/c1-26(23,24)19(11-16(21)22)10-14-9-18(5-6-25-14)15(20)8-12-3-2-4-13(17)7-12/h2-4,7,14H,5-6,8-11H2,1H3,(H,21,22). The summed E-state index contributed by atoms with van der Waals surface area (Å²) in [4.78, 5) is 24.8. The SMILES string of the molecule is CS(=O)(=O)N(CC(=O)O)CC1CN(C(=O)Cc2cccc(F)c2)CCO1. The van der Waals surface area contributed by atoms with Gasteiger partial charge in [0.15, 0.2) is 0 Å². The van der Waals surface area contributed by atoms with E-state index in [1.165, 1.54) is 23.1 Å². The van der Waals surface area contributed by atoms with E-state index in [1.54, 1.807) is 6.07 Å². The molecule has 144 valence electrons. The lowest BCUT2D eigenvalue weighted by Crippen LogP contribution is -2.51. The van der Waals surface area contributed by atoms with Crippen LogP contribution in [0.3, 0.4) is 0 Å². The zero-order valence-corrected chi connectivity index (χ0v) is 15.1. The van der Waals surface area contributed by atoms with E-state index in [-0.39, 0.29) is 32.0 Å². The fourth-order valence-corrected chi connectivity index (χ4v) is 3.47. The van der Waals surface area contributed by atoms with Crippen LogP contribution in [0.1, 0.15) is 5.56 Å². The second kappa shape index (κ2) is 8.56. The highest BCUT2D eigenvalue weighted by atomic mass is 32.2. The number of hydrogen-bond acceptors (Lipinski definition) is 5. The van der Waals surface area contributed by atoms with Gasteiger partial charge in [-0.3, -0.25) is 9.59 Å². The maximum Gasteiger partial charge on any atom is 0.318 e. The fraction of sp³-hybridized carbons (Fsp3) is 0.500. The number of carbonyl (C=O) groups excluding carboxylic acids is 1. The fourth-order valence-electron chi connectivity index (χ4n) is 2.68. The van der Waals surface area contributed by atoms with Crippen LogP contribution in [0.25, 0.3) is 0 Å². The molecule has 1 N–H and O–H groups in total. The van der Waals surface area contributed by atoms with E-state index in [4.69, 9.17) is 9.84 Å². The van der Waals surface area contributed by atoms with Crippen molar-refractivity contribution in [3.63, 3.8) is 0 Å². The molecule has 0 radical (unpaired) electrons. The maximum atomic E-state index is 13.2. The molecule has 10 heteroatoms. The zero-order chi connectivity index (χ0) is 19.3. The third kappa shape index (κ3) is 6.04. The Morgan fingerprint density at radius 2 is 2.15 bits per heavy atom. The molecule has 8 nitrogen and oxygen atoms in total. The minimum Gasteiger partial charge on any atom is -0.480 e. The molecule has 26 heavy (non-hydrogen) atoms. The number of ether oxygens (including phenoxy) is 1. The van der Waals surface area contributed by atoms with E-state index >= 15 is 0 Å². The van der Waals surface area contributed by atoms with Crippen molar-refractivity contribution in [1.29, 1.82) is 0 Å². The minimum absolute atomic E-state index is 0.0232.